The molecule has 2 unspecified atom stereocenters. The summed E-state index contributed by atoms with van der Waals surface area (Å²) in [6.45, 7) is 1.54. The maximum atomic E-state index is 12.1. The number of hydrogen-bond donors (Lipinski definition) is 1. The van der Waals surface area contributed by atoms with Gasteiger partial charge < -0.3 is 10.0 Å². The van der Waals surface area contributed by atoms with Crippen molar-refractivity contribution in [3.63, 3.8) is 0 Å². The molecule has 14 heavy (non-hydrogen) atoms. The maximum Gasteiger partial charge on any atom is 0.327 e. The fourth-order valence-electron chi connectivity index (χ4n) is 1.28. The molecule has 2 atom stereocenters. The number of nitrogens with zero attached hydrogens (tertiary/aromatic N) is 1. The molecule has 1 fully saturated rings. The van der Waals surface area contributed by atoms with Gasteiger partial charge in [-0.3, -0.25) is 4.79 Å². The summed E-state index contributed by atoms with van der Waals surface area (Å²) in [5, 5.41) is 8.18. The lowest BCUT2D eigenvalue weighted by atomic mass is 10.3. The first-order valence-corrected chi connectivity index (χ1v) is 4.94. The Morgan fingerprint density at radius 3 is 2.57 bits per heavy atom. The monoisotopic (exact) mass is 225 g/mol. The Morgan fingerprint density at radius 1 is 1.57 bits per heavy atom. The van der Waals surface area contributed by atoms with Crippen molar-refractivity contribution in [1.82, 2.24) is 4.90 Å². The van der Waals surface area contributed by atoms with Crippen LogP contribution in [0.25, 0.3) is 0 Å². The van der Waals surface area contributed by atoms with Crippen LogP contribution >= 0.6 is 11.8 Å². The average Bonchev–Trinajstić information content (AvgIpc) is 2.45. The number of thioether (sulfide) groups is 1. The minimum Gasteiger partial charge on any atom is -0.480 e. The Kier molecular flexibility index (Phi) is 3.30. The van der Waals surface area contributed by atoms with Gasteiger partial charge in [0.1, 0.15) is 6.04 Å². The van der Waals surface area contributed by atoms with E-state index in [1.807, 2.05) is 0 Å². The van der Waals surface area contributed by atoms with Crippen LogP contribution in [0.3, 0.4) is 0 Å². The van der Waals surface area contributed by atoms with Crippen molar-refractivity contribution in [2.75, 3.05) is 5.75 Å². The van der Waals surface area contributed by atoms with Crippen LogP contribution in [0, 0.1) is 0 Å². The van der Waals surface area contributed by atoms with Crippen LogP contribution in [-0.2, 0) is 9.59 Å². The summed E-state index contributed by atoms with van der Waals surface area (Å²) < 4.78 is 24.2. The third-order valence-electron chi connectivity index (χ3n) is 1.95. The lowest BCUT2D eigenvalue weighted by Crippen LogP contribution is -2.47. The third kappa shape index (κ3) is 1.97. The molecule has 1 aliphatic rings. The van der Waals surface area contributed by atoms with Crippen LogP contribution in [-0.4, -0.2) is 45.5 Å². The number of carbonyl (C=O) groups excluding carboxylic acids is 1. The summed E-state index contributed by atoms with van der Waals surface area (Å²) >= 11 is 1.18. The molecule has 1 heterocycles. The van der Waals surface area contributed by atoms with Gasteiger partial charge in [-0.1, -0.05) is 0 Å². The maximum absolute atomic E-state index is 12.1. The predicted molar refractivity (Wildman–Crippen MR) is 46.2 cm³/mol. The second-order valence-electron chi connectivity index (χ2n) is 2.83. The van der Waals surface area contributed by atoms with Crippen molar-refractivity contribution in [2.24, 2.45) is 0 Å². The minimum atomic E-state index is -3.14. The first-order chi connectivity index (χ1) is 6.45. The Bertz CT molecular complexity index is 261. The van der Waals surface area contributed by atoms with Crippen molar-refractivity contribution in [2.45, 2.75) is 24.8 Å². The van der Waals surface area contributed by atoms with Crippen molar-refractivity contribution >= 4 is 23.6 Å². The quantitative estimate of drug-likeness (QED) is 0.748. The van der Waals surface area contributed by atoms with Crippen LogP contribution in [0.1, 0.15) is 6.92 Å². The lowest BCUT2D eigenvalue weighted by molar-refractivity contribution is -0.154. The van der Waals surface area contributed by atoms with Gasteiger partial charge in [-0.2, -0.15) is 8.78 Å². The van der Waals surface area contributed by atoms with E-state index in [-0.39, 0.29) is 5.75 Å². The number of amides is 1. The molecule has 4 nitrogen and oxygen atoms in total. The summed E-state index contributed by atoms with van der Waals surface area (Å²) in [7, 11) is 0. The van der Waals surface area contributed by atoms with Gasteiger partial charge in [-0.25, -0.2) is 4.79 Å². The number of carboxylic acid groups (broad SMARTS) is 1. The van der Waals surface area contributed by atoms with Gasteiger partial charge in [0.2, 0.25) is 0 Å². The van der Waals surface area contributed by atoms with Crippen molar-refractivity contribution in [3.8, 4) is 0 Å². The summed E-state index contributed by atoms with van der Waals surface area (Å²) in [5.74, 6) is -2.49. The molecule has 0 aromatic rings. The SMILES string of the molecule is CC1SCC(C(=O)O)N1C(=O)C(F)F. The van der Waals surface area contributed by atoms with E-state index in [0.29, 0.717) is 0 Å². The first kappa shape index (κ1) is 11.2. The number of alkyl halides is 2. The number of hydrogen-bond acceptors (Lipinski definition) is 3. The molecule has 7 heteroatoms. The highest BCUT2D eigenvalue weighted by molar-refractivity contribution is 8.00. The molecule has 0 bridgehead atoms. The average molecular weight is 225 g/mol. The standard InChI is InChI=1S/C7H9F2NO3S/c1-3-10(6(11)5(8)9)4(2-14-3)7(12)13/h3-5H,2H2,1H3,(H,12,13). The van der Waals surface area contributed by atoms with Crippen LogP contribution in [0.2, 0.25) is 0 Å². The highest BCUT2D eigenvalue weighted by atomic mass is 32.2. The van der Waals surface area contributed by atoms with Gasteiger partial charge in [0.25, 0.3) is 5.91 Å². The molecule has 1 aliphatic heterocycles. The molecule has 1 amide bonds. The van der Waals surface area contributed by atoms with Crippen molar-refractivity contribution in [1.29, 1.82) is 0 Å². The fourth-order valence-corrected chi connectivity index (χ4v) is 2.46. The van der Waals surface area contributed by atoms with Crippen LogP contribution in [0.5, 0.6) is 0 Å². The van der Waals surface area contributed by atoms with Crippen molar-refractivity contribution < 1.29 is 23.5 Å². The van der Waals surface area contributed by atoms with E-state index in [1.165, 1.54) is 18.7 Å². The molecular formula is C7H9F2NO3S. The van der Waals surface area contributed by atoms with E-state index in [0.717, 1.165) is 4.90 Å². The van der Waals surface area contributed by atoms with Gasteiger partial charge in [-0.15, -0.1) is 11.8 Å². The number of carboxylic acids is 1. The summed E-state index contributed by atoms with van der Waals surface area (Å²) in [6, 6.07) is -1.13. The topological polar surface area (TPSA) is 57.6 Å². The van der Waals surface area contributed by atoms with Gasteiger partial charge in [0, 0.05) is 5.75 Å². The van der Waals surface area contributed by atoms with E-state index in [2.05, 4.69) is 0 Å². The van der Waals surface area contributed by atoms with E-state index in [4.69, 9.17) is 5.11 Å². The second kappa shape index (κ2) is 4.12. The molecule has 1 rings (SSSR count). The Morgan fingerprint density at radius 2 is 2.14 bits per heavy atom. The van der Waals surface area contributed by atoms with Gasteiger partial charge >= 0.3 is 12.4 Å². The molecule has 0 aromatic heterocycles. The first-order valence-electron chi connectivity index (χ1n) is 3.90. The molecule has 1 N–H and O–H groups in total. The number of halogens is 2. The molecule has 0 spiro atoms. The highest BCUT2D eigenvalue weighted by Gasteiger charge is 2.42. The van der Waals surface area contributed by atoms with E-state index >= 15 is 0 Å². The highest BCUT2D eigenvalue weighted by Crippen LogP contribution is 2.29. The van der Waals surface area contributed by atoms with Crippen molar-refractivity contribution in [3.05, 3.63) is 0 Å². The Balaban J connectivity index is 2.81. The molecule has 80 valence electrons. The van der Waals surface area contributed by atoms with E-state index in [9.17, 15) is 18.4 Å². The second-order valence-corrected chi connectivity index (χ2v) is 4.18. The van der Waals surface area contributed by atoms with Gasteiger partial charge in [0.05, 0.1) is 5.37 Å². The van der Waals surface area contributed by atoms with Gasteiger partial charge in [-0.05, 0) is 6.92 Å². The van der Waals surface area contributed by atoms with E-state index < -0.39 is 29.7 Å². The zero-order valence-corrected chi connectivity index (χ0v) is 8.13. The number of aliphatic carboxylic acids is 1. The smallest absolute Gasteiger partial charge is 0.327 e. The van der Waals surface area contributed by atoms with E-state index in [1.54, 1.807) is 0 Å². The molecule has 0 aliphatic carbocycles. The molecule has 0 saturated carbocycles. The van der Waals surface area contributed by atoms with Crippen LogP contribution < -0.4 is 0 Å². The zero-order valence-electron chi connectivity index (χ0n) is 7.31. The summed E-state index contributed by atoms with van der Waals surface area (Å²) in [4.78, 5) is 22.3. The zero-order chi connectivity index (χ0) is 10.9. The molecule has 0 radical (unpaired) electrons. The van der Waals surface area contributed by atoms with Crippen LogP contribution in [0.4, 0.5) is 8.78 Å². The number of carbonyl (C=O) groups is 2. The fraction of sp³-hybridized carbons (Fsp3) is 0.714. The predicted octanol–water partition coefficient (Wildman–Crippen LogP) is 0.626. The molecule has 1 saturated heterocycles. The minimum absolute atomic E-state index is 0.162. The summed E-state index contributed by atoms with van der Waals surface area (Å²) in [6.07, 6.45) is -3.14. The number of rotatable bonds is 2. The Hall–Kier alpha value is -0.850. The lowest BCUT2D eigenvalue weighted by Gasteiger charge is -2.24. The Labute approximate surface area is 83.3 Å². The van der Waals surface area contributed by atoms with Crippen LogP contribution in [0.15, 0.2) is 0 Å². The third-order valence-corrected chi connectivity index (χ3v) is 3.17. The normalized spacial score (nSPS) is 27.0. The molecule has 0 aromatic carbocycles. The molecular weight excluding hydrogens is 216 g/mol. The largest absolute Gasteiger partial charge is 0.480 e. The summed E-state index contributed by atoms with van der Waals surface area (Å²) in [5.41, 5.74) is 0. The van der Waals surface area contributed by atoms with Gasteiger partial charge in [0.15, 0.2) is 0 Å².